The smallest absolute Gasteiger partial charge is 0.187 e. The molecule has 1 heterocycles. The Balaban J connectivity index is 0.000000273. The van der Waals surface area contributed by atoms with Crippen molar-refractivity contribution in [3.8, 4) is 11.8 Å². The van der Waals surface area contributed by atoms with E-state index in [1.165, 1.54) is 22.4 Å². The van der Waals surface area contributed by atoms with E-state index in [1.807, 2.05) is 6.08 Å². The summed E-state index contributed by atoms with van der Waals surface area (Å²) in [7, 11) is 2.14. The van der Waals surface area contributed by atoms with Crippen LogP contribution in [0.5, 0.6) is 0 Å². The molecule has 2 aliphatic carbocycles. The number of fused-ring (bicyclic) bond motifs is 1. The van der Waals surface area contributed by atoms with Crippen molar-refractivity contribution < 1.29 is 65.6 Å². The minimum absolute atomic E-state index is 0.0129. The molecule has 1 saturated heterocycles. The number of benzene rings is 2. The number of hydrogen-bond donors (Lipinski definition) is 12. The van der Waals surface area contributed by atoms with Crippen LogP contribution in [0.25, 0.3) is 10.8 Å². The van der Waals surface area contributed by atoms with Gasteiger partial charge in [0.15, 0.2) is 6.29 Å². The maximum atomic E-state index is 10.7. The summed E-state index contributed by atoms with van der Waals surface area (Å²) >= 11 is 0. The fourth-order valence-corrected chi connectivity index (χ4v) is 7.10. The summed E-state index contributed by atoms with van der Waals surface area (Å²) in [5, 5.41) is 116. The molecule has 3 aliphatic rings. The maximum absolute atomic E-state index is 10.7. The summed E-state index contributed by atoms with van der Waals surface area (Å²) in [6.07, 6.45) is -11.6. The third-order valence-electron chi connectivity index (χ3n) is 10.3. The van der Waals surface area contributed by atoms with Gasteiger partial charge in [-0.3, -0.25) is 4.90 Å². The van der Waals surface area contributed by atoms with Gasteiger partial charge in [-0.05, 0) is 62.2 Å². The normalized spacial score (nSPS) is 35.1. The van der Waals surface area contributed by atoms with Crippen molar-refractivity contribution >= 4 is 10.8 Å². The number of hydrogen-bond acceptors (Lipinski definition) is 15. The lowest BCUT2D eigenvalue weighted by Gasteiger charge is -2.47. The minimum Gasteiger partial charge on any atom is -0.396 e. The average Bonchev–Trinajstić information content (AvgIpc) is 3.17. The first-order chi connectivity index (χ1) is 26.5. The summed E-state index contributed by atoms with van der Waals surface area (Å²) in [5.41, 5.74) is 1.50. The Morgan fingerprint density at radius 3 is 2.20 bits per heavy atom. The number of aliphatic hydroxyl groups excluding tert-OH is 11. The van der Waals surface area contributed by atoms with E-state index in [-0.39, 0.29) is 17.4 Å². The Morgan fingerprint density at radius 2 is 1.54 bits per heavy atom. The molecule has 2 aromatic carbocycles. The second-order valence-electron chi connectivity index (χ2n) is 15.8. The van der Waals surface area contributed by atoms with Gasteiger partial charge >= 0.3 is 0 Å². The van der Waals surface area contributed by atoms with Crippen LogP contribution in [0, 0.1) is 23.2 Å². The SMILES string of the molecule is CN(C/C=C/C#CC(C)(C)C)Cc1cccc2ccccc12.OCC1=C[C@H](N[C@H]2C[C@H](CO)[C@@H](O[C@@H]3O[C@H](CO)[C@@H](O)[C@H](O)[C@H]3O)[C@H](O)[C@H]2O)[C@H](O)[C@@H](O)[C@H]1O. The fourth-order valence-electron chi connectivity index (χ4n) is 7.10. The topological polar surface area (TPSA) is 256 Å². The predicted molar refractivity (Wildman–Crippen MR) is 206 cm³/mol. The van der Waals surface area contributed by atoms with Gasteiger partial charge in [-0.15, -0.1) is 0 Å². The molecular weight excluding hydrogens is 728 g/mol. The van der Waals surface area contributed by atoms with Crippen LogP contribution in [0.1, 0.15) is 32.8 Å². The average molecular weight is 789 g/mol. The standard InChI is InChI=1S/C21H25N.C20H35NO13/c1-21(2,3)15-8-5-9-16-22(4)17-19-13-10-12-18-11-6-7-14-20(18)19;22-3-6-1-8(12(26)15(29)11(6)25)21-9-2-7(4-23)19(17(31)13(9)27)34-20-18(32)16(30)14(28)10(5-24)33-20/h5-7,9-14H,16-17H2,1-4H3;1,7-32H,2-5H2/b9-5+;/t;7-,8+,9+,10-,11+,12+,13+,14-,15+,16+,17-,18-,19-,20+/m.1/s1. The van der Waals surface area contributed by atoms with E-state index in [2.05, 4.69) is 98.4 Å². The Labute approximate surface area is 327 Å². The highest BCUT2D eigenvalue weighted by Gasteiger charge is 2.50. The quantitative estimate of drug-likeness (QED) is 0.0880. The van der Waals surface area contributed by atoms with Gasteiger partial charge in [0.25, 0.3) is 0 Å². The number of ether oxygens (including phenoxy) is 2. The van der Waals surface area contributed by atoms with E-state index in [1.54, 1.807) is 0 Å². The maximum Gasteiger partial charge on any atom is 0.187 e. The van der Waals surface area contributed by atoms with Crippen LogP contribution in [0.4, 0.5) is 0 Å². The zero-order valence-electron chi connectivity index (χ0n) is 32.3. The van der Waals surface area contributed by atoms with Gasteiger partial charge in [0.1, 0.15) is 48.8 Å². The van der Waals surface area contributed by atoms with Crippen LogP contribution >= 0.6 is 0 Å². The van der Waals surface area contributed by atoms with Crippen LogP contribution < -0.4 is 5.32 Å². The molecule has 0 unspecified atom stereocenters. The molecule has 1 saturated carbocycles. The number of nitrogens with one attached hydrogen (secondary N) is 1. The van der Waals surface area contributed by atoms with Gasteiger partial charge in [0, 0.05) is 37.1 Å². The molecule has 15 heteroatoms. The summed E-state index contributed by atoms with van der Waals surface area (Å²) in [5.74, 6) is 5.50. The van der Waals surface area contributed by atoms with Crippen LogP contribution in [0.3, 0.4) is 0 Å². The second-order valence-corrected chi connectivity index (χ2v) is 15.8. The largest absolute Gasteiger partial charge is 0.396 e. The van der Waals surface area contributed by atoms with Crippen molar-refractivity contribution in [3.63, 3.8) is 0 Å². The Bertz CT molecular complexity index is 1650. The third kappa shape index (κ3) is 11.6. The molecule has 56 heavy (non-hydrogen) atoms. The molecule has 1 aliphatic heterocycles. The van der Waals surface area contributed by atoms with Crippen LogP contribution in [-0.2, 0) is 16.0 Å². The van der Waals surface area contributed by atoms with Crippen LogP contribution in [0.15, 0.2) is 66.3 Å². The minimum atomic E-state index is -1.75. The summed E-state index contributed by atoms with van der Waals surface area (Å²) < 4.78 is 10.9. The van der Waals surface area contributed by atoms with E-state index in [9.17, 15) is 56.2 Å². The van der Waals surface area contributed by atoms with Crippen molar-refractivity contribution in [2.75, 3.05) is 33.4 Å². The molecule has 14 atom stereocenters. The molecule has 2 aromatic rings. The van der Waals surface area contributed by atoms with Crippen molar-refractivity contribution in [2.45, 2.75) is 113 Å². The molecule has 12 N–H and O–H groups in total. The summed E-state index contributed by atoms with van der Waals surface area (Å²) in [4.78, 5) is 2.30. The number of allylic oxidation sites excluding steroid dienone is 1. The van der Waals surface area contributed by atoms with Crippen molar-refractivity contribution in [2.24, 2.45) is 11.3 Å². The molecular formula is C41H60N2O13. The fraction of sp³-hybridized carbons (Fsp3) is 0.610. The monoisotopic (exact) mass is 788 g/mol. The summed E-state index contributed by atoms with van der Waals surface area (Å²) in [6.45, 7) is 6.43. The van der Waals surface area contributed by atoms with Crippen LogP contribution in [-0.4, -0.2) is 174 Å². The number of rotatable bonds is 11. The zero-order valence-corrected chi connectivity index (χ0v) is 32.3. The van der Waals surface area contributed by atoms with Crippen LogP contribution in [0.2, 0.25) is 0 Å². The number of nitrogens with zero attached hydrogens (tertiary/aromatic N) is 1. The Kier molecular flexibility index (Phi) is 17.0. The van der Waals surface area contributed by atoms with E-state index >= 15 is 0 Å². The van der Waals surface area contributed by atoms with Gasteiger partial charge < -0.3 is 71.0 Å². The predicted octanol–water partition coefficient (Wildman–Crippen LogP) is -1.88. The molecule has 5 rings (SSSR count). The first kappa shape index (κ1) is 45.8. The van der Waals surface area contributed by atoms with Crippen molar-refractivity contribution in [1.82, 2.24) is 10.2 Å². The molecule has 0 radical (unpaired) electrons. The zero-order chi connectivity index (χ0) is 41.3. The van der Waals surface area contributed by atoms with Crippen molar-refractivity contribution in [1.29, 1.82) is 0 Å². The van der Waals surface area contributed by atoms with Gasteiger partial charge in [0.2, 0.25) is 0 Å². The van der Waals surface area contributed by atoms with Crippen molar-refractivity contribution in [3.05, 3.63) is 71.8 Å². The van der Waals surface area contributed by atoms with Gasteiger partial charge in [-0.1, -0.05) is 66.5 Å². The Morgan fingerprint density at radius 1 is 0.839 bits per heavy atom. The lowest BCUT2D eigenvalue weighted by atomic mass is 9.78. The molecule has 0 spiro atoms. The van der Waals surface area contributed by atoms with Gasteiger partial charge in [-0.2, -0.15) is 0 Å². The van der Waals surface area contributed by atoms with E-state index in [0.29, 0.717) is 0 Å². The molecule has 15 nitrogen and oxygen atoms in total. The molecule has 0 bridgehead atoms. The van der Waals surface area contributed by atoms with Gasteiger partial charge in [0.05, 0.1) is 31.5 Å². The highest BCUT2D eigenvalue weighted by atomic mass is 16.7. The Hall–Kier alpha value is -2.86. The molecule has 2 fully saturated rings. The second kappa shape index (κ2) is 20.7. The number of aliphatic hydroxyl groups is 11. The first-order valence-corrected chi connectivity index (χ1v) is 18.9. The lowest BCUT2D eigenvalue weighted by molar-refractivity contribution is -0.328. The molecule has 0 amide bonds. The van der Waals surface area contributed by atoms with E-state index < -0.39 is 105 Å². The highest BCUT2D eigenvalue weighted by Crippen LogP contribution is 2.33. The summed E-state index contributed by atoms with van der Waals surface area (Å²) in [6, 6.07) is 13.1. The van der Waals surface area contributed by atoms with E-state index in [0.717, 1.165) is 13.1 Å². The van der Waals surface area contributed by atoms with E-state index in [4.69, 9.17) is 9.47 Å². The van der Waals surface area contributed by atoms with Gasteiger partial charge in [-0.25, -0.2) is 0 Å². The lowest BCUT2D eigenvalue weighted by Crippen LogP contribution is -2.66. The first-order valence-electron chi connectivity index (χ1n) is 18.9. The number of likely N-dealkylation sites (N-methyl/N-ethyl adjacent to an activating group) is 1. The third-order valence-corrected chi connectivity index (χ3v) is 10.3. The highest BCUT2D eigenvalue weighted by molar-refractivity contribution is 5.85. The molecule has 0 aromatic heterocycles. The molecule has 312 valence electrons.